The van der Waals surface area contributed by atoms with Crippen LogP contribution in [-0.4, -0.2) is 34.3 Å². The maximum Gasteiger partial charge on any atom is 0.515 e. The molecule has 2 heterocycles. The summed E-state index contributed by atoms with van der Waals surface area (Å²) in [5.74, 6) is 0.224. The third-order valence-electron chi connectivity index (χ3n) is 4.87. The highest BCUT2D eigenvalue weighted by Gasteiger charge is 2.23. The maximum atomic E-state index is 12.1. The molecule has 0 saturated heterocycles. The van der Waals surface area contributed by atoms with Crippen molar-refractivity contribution in [2.45, 2.75) is 26.6 Å². The van der Waals surface area contributed by atoms with Gasteiger partial charge in [-0.3, -0.25) is 10.1 Å². The number of nitro groups is 1. The minimum absolute atomic E-state index is 0.0366. The van der Waals surface area contributed by atoms with E-state index < -0.39 is 16.8 Å². The Hall–Kier alpha value is -3.60. The van der Waals surface area contributed by atoms with Crippen molar-refractivity contribution in [3.8, 4) is 17.4 Å². The van der Waals surface area contributed by atoms with Crippen LogP contribution in [0.15, 0.2) is 36.5 Å². The van der Waals surface area contributed by atoms with Gasteiger partial charge in [0.05, 0.1) is 34.9 Å². The first-order valence-corrected chi connectivity index (χ1v) is 11.1. The molecule has 182 valence electrons. The van der Waals surface area contributed by atoms with E-state index in [9.17, 15) is 14.9 Å². The summed E-state index contributed by atoms with van der Waals surface area (Å²) in [6.07, 6.45) is 0.265. The SMILES string of the molecule is COCc1c(OC(=O)OC(C)C)ncc2[nH]c3ccc(Oc4cc(Cl)cc(Cl)c4[N+](=O)[O-])cc3c12. The average molecular weight is 520 g/mol. The van der Waals surface area contributed by atoms with Crippen molar-refractivity contribution in [1.82, 2.24) is 9.97 Å². The number of H-pyrrole nitrogens is 1. The van der Waals surface area contributed by atoms with Crippen molar-refractivity contribution in [3.05, 3.63) is 62.3 Å². The lowest BCUT2D eigenvalue weighted by Gasteiger charge is -2.12. The maximum absolute atomic E-state index is 12.1. The number of benzene rings is 2. The van der Waals surface area contributed by atoms with Gasteiger partial charge < -0.3 is 23.9 Å². The van der Waals surface area contributed by atoms with Crippen LogP contribution in [0.4, 0.5) is 10.5 Å². The summed E-state index contributed by atoms with van der Waals surface area (Å²) >= 11 is 12.0. The number of methoxy groups -OCH3 is 1. The Bertz CT molecular complexity index is 1450. The summed E-state index contributed by atoms with van der Waals surface area (Å²) in [6.45, 7) is 3.49. The van der Waals surface area contributed by atoms with Crippen LogP contribution in [0.3, 0.4) is 0 Å². The molecule has 0 aliphatic carbocycles. The molecule has 4 aromatic rings. The lowest BCUT2D eigenvalue weighted by molar-refractivity contribution is -0.385. The number of carbonyl (C=O) groups excluding carboxylic acids is 1. The predicted octanol–water partition coefficient (Wildman–Crippen LogP) is 6.79. The van der Waals surface area contributed by atoms with Gasteiger partial charge in [0.1, 0.15) is 10.8 Å². The number of aromatic amines is 1. The Morgan fingerprint density at radius 1 is 1.20 bits per heavy atom. The van der Waals surface area contributed by atoms with Gasteiger partial charge in [0.25, 0.3) is 0 Å². The van der Waals surface area contributed by atoms with Gasteiger partial charge in [-0.2, -0.15) is 0 Å². The molecule has 2 aromatic carbocycles. The fraction of sp³-hybridized carbons (Fsp3) is 0.217. The Morgan fingerprint density at radius 3 is 2.66 bits per heavy atom. The minimum Gasteiger partial charge on any atom is -0.450 e. The zero-order chi connectivity index (χ0) is 25.3. The summed E-state index contributed by atoms with van der Waals surface area (Å²) in [5.41, 5.74) is 1.49. The van der Waals surface area contributed by atoms with Crippen molar-refractivity contribution in [2.24, 2.45) is 0 Å². The fourth-order valence-corrected chi connectivity index (χ4v) is 4.12. The van der Waals surface area contributed by atoms with Gasteiger partial charge >= 0.3 is 11.8 Å². The van der Waals surface area contributed by atoms with Crippen molar-refractivity contribution < 1.29 is 28.7 Å². The Balaban J connectivity index is 1.82. The van der Waals surface area contributed by atoms with Crippen molar-refractivity contribution >= 4 is 56.9 Å². The second kappa shape index (κ2) is 9.95. The topological polar surface area (TPSA) is 126 Å². The molecule has 12 heteroatoms. The highest BCUT2D eigenvalue weighted by Crippen LogP contribution is 2.41. The molecule has 4 rings (SSSR count). The number of fused-ring (bicyclic) bond motifs is 3. The number of pyridine rings is 1. The van der Waals surface area contributed by atoms with Crippen LogP contribution >= 0.6 is 23.2 Å². The van der Waals surface area contributed by atoms with Crippen LogP contribution in [0.5, 0.6) is 17.4 Å². The largest absolute Gasteiger partial charge is 0.515 e. The summed E-state index contributed by atoms with van der Waals surface area (Å²) in [6, 6.07) is 7.65. The van der Waals surface area contributed by atoms with E-state index in [0.717, 1.165) is 5.52 Å². The summed E-state index contributed by atoms with van der Waals surface area (Å²) in [5, 5.41) is 12.9. The van der Waals surface area contributed by atoms with Crippen LogP contribution in [0.25, 0.3) is 21.8 Å². The predicted molar refractivity (Wildman–Crippen MR) is 130 cm³/mol. The smallest absolute Gasteiger partial charge is 0.450 e. The standard InChI is InChI=1S/C23H19Cl2N3O7/c1-11(2)33-23(29)35-22-15(10-32-3)20-14-8-13(4-5-17(14)27-18(20)9-26-22)34-19-7-12(24)6-16(25)21(19)28(30)31/h4-9,11,27H,10H2,1-3H3. The van der Waals surface area contributed by atoms with Crippen molar-refractivity contribution in [1.29, 1.82) is 0 Å². The first kappa shape index (κ1) is 24.5. The second-order valence-corrected chi connectivity index (χ2v) is 8.55. The molecule has 10 nitrogen and oxygen atoms in total. The number of carbonyl (C=O) groups is 1. The molecule has 0 unspecified atom stereocenters. The number of aromatic nitrogens is 2. The molecule has 0 radical (unpaired) electrons. The Kier molecular flexibility index (Phi) is 6.97. The first-order chi connectivity index (χ1) is 16.7. The summed E-state index contributed by atoms with van der Waals surface area (Å²) < 4.78 is 21.5. The lowest BCUT2D eigenvalue weighted by Crippen LogP contribution is -2.17. The van der Waals surface area contributed by atoms with Gasteiger partial charge in [0.15, 0.2) is 0 Å². The van der Waals surface area contributed by atoms with Crippen LogP contribution < -0.4 is 9.47 Å². The van der Waals surface area contributed by atoms with Crippen LogP contribution in [0.2, 0.25) is 10.0 Å². The number of rotatable bonds is 7. The van der Waals surface area contributed by atoms with Crippen LogP contribution in [0.1, 0.15) is 19.4 Å². The molecular formula is C23H19Cl2N3O7. The number of nitrogens with zero attached hydrogens (tertiary/aromatic N) is 2. The summed E-state index contributed by atoms with van der Waals surface area (Å²) in [7, 11) is 1.50. The minimum atomic E-state index is -0.891. The van der Waals surface area contributed by atoms with Crippen molar-refractivity contribution in [3.63, 3.8) is 0 Å². The number of ether oxygens (including phenoxy) is 4. The van der Waals surface area contributed by atoms with E-state index in [4.69, 9.17) is 42.1 Å². The number of halogens is 2. The molecule has 0 fully saturated rings. The van der Waals surface area contributed by atoms with E-state index in [2.05, 4.69) is 9.97 Å². The van der Waals surface area contributed by atoms with Gasteiger partial charge in [-0.15, -0.1) is 0 Å². The van der Waals surface area contributed by atoms with Crippen molar-refractivity contribution in [2.75, 3.05) is 7.11 Å². The normalized spacial score (nSPS) is 11.3. The second-order valence-electron chi connectivity index (χ2n) is 7.71. The van der Waals surface area contributed by atoms with E-state index in [1.807, 2.05) is 0 Å². The molecule has 0 bridgehead atoms. The zero-order valence-electron chi connectivity index (χ0n) is 18.8. The number of hydrogen-bond acceptors (Lipinski definition) is 8. The van der Waals surface area contributed by atoms with Crippen LogP contribution in [-0.2, 0) is 16.1 Å². The Morgan fingerprint density at radius 2 is 1.97 bits per heavy atom. The van der Waals surface area contributed by atoms with E-state index in [1.54, 1.807) is 32.0 Å². The highest BCUT2D eigenvalue weighted by molar-refractivity contribution is 6.36. The van der Waals surface area contributed by atoms with Gasteiger partial charge in [0.2, 0.25) is 11.6 Å². The molecule has 0 atom stereocenters. The average Bonchev–Trinajstić information content (AvgIpc) is 3.12. The summed E-state index contributed by atoms with van der Waals surface area (Å²) in [4.78, 5) is 30.4. The molecule has 0 aliphatic heterocycles. The zero-order valence-corrected chi connectivity index (χ0v) is 20.3. The van der Waals surface area contributed by atoms with Gasteiger partial charge in [-0.25, -0.2) is 9.78 Å². The van der Waals surface area contributed by atoms with E-state index >= 15 is 0 Å². The molecule has 0 amide bonds. The number of nitrogens with one attached hydrogen (secondary N) is 1. The van der Waals surface area contributed by atoms with E-state index in [-0.39, 0.29) is 34.4 Å². The van der Waals surface area contributed by atoms with Crippen LogP contribution in [0, 0.1) is 10.1 Å². The first-order valence-electron chi connectivity index (χ1n) is 10.3. The van der Waals surface area contributed by atoms with Gasteiger partial charge in [-0.05, 0) is 38.1 Å². The molecule has 2 aromatic heterocycles. The third-order valence-corrected chi connectivity index (χ3v) is 5.38. The third kappa shape index (κ3) is 5.09. The molecular weight excluding hydrogens is 501 g/mol. The molecule has 0 aliphatic rings. The lowest BCUT2D eigenvalue weighted by atomic mass is 10.1. The number of nitro benzene ring substituents is 1. The van der Waals surface area contributed by atoms with E-state index in [0.29, 0.717) is 27.6 Å². The quantitative estimate of drug-likeness (QED) is 0.160. The Labute approximate surface area is 208 Å². The molecule has 0 saturated carbocycles. The van der Waals surface area contributed by atoms with Gasteiger partial charge in [-0.1, -0.05) is 23.2 Å². The van der Waals surface area contributed by atoms with E-state index in [1.165, 1.54) is 25.4 Å². The fourth-order valence-electron chi connectivity index (χ4n) is 3.57. The monoisotopic (exact) mass is 519 g/mol. The molecule has 0 spiro atoms. The number of hydrogen-bond donors (Lipinski definition) is 1. The highest BCUT2D eigenvalue weighted by atomic mass is 35.5. The molecule has 35 heavy (non-hydrogen) atoms. The van der Waals surface area contributed by atoms with Gasteiger partial charge in [0, 0.05) is 34.5 Å². The molecule has 1 N–H and O–H groups in total.